The maximum absolute atomic E-state index is 13.1. The summed E-state index contributed by atoms with van der Waals surface area (Å²) in [4.78, 5) is 0. The van der Waals surface area contributed by atoms with Crippen LogP contribution in [0.5, 0.6) is 0 Å². The number of rotatable bonds is 3. The number of halogens is 2. The summed E-state index contributed by atoms with van der Waals surface area (Å²) in [6, 6.07) is 3.95. The lowest BCUT2D eigenvalue weighted by Crippen LogP contribution is -2.07. The maximum Gasteiger partial charge on any atom is 0.265 e. The molecule has 0 spiro atoms. The van der Waals surface area contributed by atoms with Crippen LogP contribution in [0.2, 0.25) is 5.02 Å². The average molecular weight is 239 g/mol. The van der Waals surface area contributed by atoms with Crippen LogP contribution in [0, 0.1) is 5.82 Å². The van der Waals surface area contributed by atoms with Gasteiger partial charge in [-0.15, -0.1) is 0 Å². The van der Waals surface area contributed by atoms with Gasteiger partial charge in [-0.05, 0) is 24.1 Å². The zero-order valence-electron chi connectivity index (χ0n) is 7.07. The lowest BCUT2D eigenvalue weighted by molar-refractivity contribution is 0.482. The Morgan fingerprint density at radius 1 is 1.43 bits per heavy atom. The third kappa shape index (κ3) is 3.61. The van der Waals surface area contributed by atoms with Crippen LogP contribution in [0.1, 0.15) is 5.56 Å². The normalized spacial score (nSPS) is 11.6. The van der Waals surface area contributed by atoms with E-state index in [2.05, 4.69) is 0 Å². The number of benzene rings is 1. The predicted molar refractivity (Wildman–Crippen MR) is 51.5 cm³/mol. The molecule has 0 fully saturated rings. The Bertz CT molecular complexity index is 430. The van der Waals surface area contributed by atoms with E-state index in [9.17, 15) is 12.8 Å². The Labute approximate surface area is 86.3 Å². The molecule has 0 heterocycles. The van der Waals surface area contributed by atoms with Gasteiger partial charge in [0.25, 0.3) is 10.1 Å². The van der Waals surface area contributed by atoms with Crippen LogP contribution < -0.4 is 0 Å². The molecule has 0 radical (unpaired) electrons. The molecule has 0 saturated carbocycles. The SMILES string of the molecule is O=S(=O)(O)CCc1ccc(Cl)cc1F. The van der Waals surface area contributed by atoms with Gasteiger partial charge in [0.05, 0.1) is 5.75 Å². The van der Waals surface area contributed by atoms with Gasteiger partial charge in [0, 0.05) is 5.02 Å². The highest BCUT2D eigenvalue weighted by atomic mass is 35.5. The molecule has 3 nitrogen and oxygen atoms in total. The van der Waals surface area contributed by atoms with Crippen LogP contribution in [0.15, 0.2) is 18.2 Å². The fraction of sp³-hybridized carbons (Fsp3) is 0.250. The fourth-order valence-corrected chi connectivity index (χ4v) is 1.60. The minimum absolute atomic E-state index is 0.0676. The standard InChI is InChI=1S/C8H8ClFO3S/c9-7-2-1-6(8(10)5-7)3-4-14(11,12)13/h1-2,5H,3-4H2,(H,11,12,13). The van der Waals surface area contributed by atoms with E-state index < -0.39 is 21.7 Å². The number of hydrogen-bond acceptors (Lipinski definition) is 2. The highest BCUT2D eigenvalue weighted by molar-refractivity contribution is 7.85. The van der Waals surface area contributed by atoms with E-state index in [4.69, 9.17) is 16.2 Å². The van der Waals surface area contributed by atoms with Crippen molar-refractivity contribution >= 4 is 21.7 Å². The van der Waals surface area contributed by atoms with E-state index in [1.165, 1.54) is 12.1 Å². The molecule has 1 aromatic rings. The van der Waals surface area contributed by atoms with Crippen molar-refractivity contribution < 1.29 is 17.4 Å². The molecule has 0 bridgehead atoms. The molecular formula is C8H8ClFO3S. The van der Waals surface area contributed by atoms with Crippen LogP contribution in [-0.2, 0) is 16.5 Å². The first-order chi connectivity index (χ1) is 6.38. The molecule has 0 unspecified atom stereocenters. The van der Waals surface area contributed by atoms with E-state index in [0.717, 1.165) is 6.07 Å². The van der Waals surface area contributed by atoms with E-state index in [-0.39, 0.29) is 17.0 Å². The molecule has 0 atom stereocenters. The van der Waals surface area contributed by atoms with Gasteiger partial charge in [-0.25, -0.2) is 4.39 Å². The molecule has 0 saturated heterocycles. The van der Waals surface area contributed by atoms with Crippen LogP contribution in [0.4, 0.5) is 4.39 Å². The summed E-state index contributed by atoms with van der Waals surface area (Å²) in [5.41, 5.74) is 0.215. The Morgan fingerprint density at radius 2 is 2.07 bits per heavy atom. The van der Waals surface area contributed by atoms with Crippen molar-refractivity contribution in [3.05, 3.63) is 34.6 Å². The summed E-state index contributed by atoms with van der Waals surface area (Å²) in [6.07, 6.45) is -0.0676. The van der Waals surface area contributed by atoms with E-state index in [1.807, 2.05) is 0 Å². The second-order valence-corrected chi connectivity index (χ2v) is 4.78. The average Bonchev–Trinajstić information content (AvgIpc) is 2.00. The molecular weight excluding hydrogens is 231 g/mol. The molecule has 14 heavy (non-hydrogen) atoms. The minimum atomic E-state index is -4.05. The second-order valence-electron chi connectivity index (χ2n) is 2.77. The molecule has 0 aliphatic carbocycles. The maximum atomic E-state index is 13.1. The molecule has 6 heteroatoms. The largest absolute Gasteiger partial charge is 0.286 e. The summed E-state index contributed by atoms with van der Waals surface area (Å²) in [5.74, 6) is -1.06. The minimum Gasteiger partial charge on any atom is -0.286 e. The van der Waals surface area contributed by atoms with Gasteiger partial charge in [0.2, 0.25) is 0 Å². The second kappa shape index (κ2) is 4.25. The smallest absolute Gasteiger partial charge is 0.265 e. The van der Waals surface area contributed by atoms with Crippen molar-refractivity contribution in [1.29, 1.82) is 0 Å². The number of hydrogen-bond donors (Lipinski definition) is 1. The first-order valence-electron chi connectivity index (χ1n) is 3.77. The Hall–Kier alpha value is -0.650. The Kier molecular flexibility index (Phi) is 3.47. The van der Waals surface area contributed by atoms with Crippen molar-refractivity contribution in [2.75, 3.05) is 5.75 Å². The van der Waals surface area contributed by atoms with Crippen LogP contribution in [0.25, 0.3) is 0 Å². The Balaban J connectivity index is 2.78. The van der Waals surface area contributed by atoms with Gasteiger partial charge in [0.1, 0.15) is 5.82 Å². The van der Waals surface area contributed by atoms with Crippen LogP contribution in [0.3, 0.4) is 0 Å². The van der Waals surface area contributed by atoms with Gasteiger partial charge in [0.15, 0.2) is 0 Å². The monoisotopic (exact) mass is 238 g/mol. The van der Waals surface area contributed by atoms with Crippen molar-refractivity contribution in [3.8, 4) is 0 Å². The fourth-order valence-electron chi connectivity index (χ4n) is 0.963. The van der Waals surface area contributed by atoms with E-state index in [1.54, 1.807) is 0 Å². The summed E-state index contributed by atoms with van der Waals surface area (Å²) < 4.78 is 42.3. The van der Waals surface area contributed by atoms with Gasteiger partial charge in [-0.2, -0.15) is 8.42 Å². The molecule has 78 valence electrons. The number of aryl methyl sites for hydroxylation is 1. The zero-order valence-corrected chi connectivity index (χ0v) is 8.65. The first kappa shape index (κ1) is 11.4. The van der Waals surface area contributed by atoms with Crippen molar-refractivity contribution in [2.24, 2.45) is 0 Å². The van der Waals surface area contributed by atoms with Crippen LogP contribution >= 0.6 is 11.6 Å². The molecule has 0 aliphatic rings. The summed E-state index contributed by atoms with van der Waals surface area (Å²) in [6.45, 7) is 0. The van der Waals surface area contributed by atoms with E-state index in [0.29, 0.717) is 0 Å². The van der Waals surface area contributed by atoms with Crippen molar-refractivity contribution in [3.63, 3.8) is 0 Å². The molecule has 1 aromatic carbocycles. The summed E-state index contributed by atoms with van der Waals surface area (Å²) in [7, 11) is -4.05. The molecule has 0 amide bonds. The third-order valence-corrected chi connectivity index (χ3v) is 2.60. The summed E-state index contributed by atoms with van der Waals surface area (Å²) >= 11 is 5.50. The van der Waals surface area contributed by atoms with E-state index >= 15 is 0 Å². The Morgan fingerprint density at radius 3 is 2.57 bits per heavy atom. The molecule has 0 aromatic heterocycles. The lowest BCUT2D eigenvalue weighted by atomic mass is 10.2. The highest BCUT2D eigenvalue weighted by Crippen LogP contribution is 2.15. The quantitative estimate of drug-likeness (QED) is 0.819. The van der Waals surface area contributed by atoms with Crippen molar-refractivity contribution in [1.82, 2.24) is 0 Å². The topological polar surface area (TPSA) is 54.4 Å². The van der Waals surface area contributed by atoms with Crippen LogP contribution in [-0.4, -0.2) is 18.7 Å². The van der Waals surface area contributed by atoms with Gasteiger partial charge >= 0.3 is 0 Å². The van der Waals surface area contributed by atoms with Crippen molar-refractivity contribution in [2.45, 2.75) is 6.42 Å². The predicted octanol–water partition coefficient (Wildman–Crippen LogP) is 1.91. The van der Waals surface area contributed by atoms with Gasteiger partial charge in [-0.3, -0.25) is 4.55 Å². The molecule has 1 rings (SSSR count). The van der Waals surface area contributed by atoms with Gasteiger partial charge < -0.3 is 0 Å². The lowest BCUT2D eigenvalue weighted by Gasteiger charge is -2.01. The summed E-state index contributed by atoms with van der Waals surface area (Å²) in [5, 5.41) is 0.248. The highest BCUT2D eigenvalue weighted by Gasteiger charge is 2.08. The third-order valence-electron chi connectivity index (χ3n) is 1.64. The zero-order chi connectivity index (χ0) is 10.8. The molecule has 0 aliphatic heterocycles. The van der Waals surface area contributed by atoms with Gasteiger partial charge in [-0.1, -0.05) is 17.7 Å². The molecule has 1 N–H and O–H groups in total. The first-order valence-corrected chi connectivity index (χ1v) is 5.76.